The minimum Gasteiger partial charge on any atom is -0.508 e. The molecule has 0 radical (unpaired) electrons. The number of phenolic OH excluding ortho intramolecular Hbond substituents is 1. The number of phenols is 1. The molecule has 0 atom stereocenters. The van der Waals surface area contributed by atoms with Crippen molar-refractivity contribution in [1.29, 1.82) is 0 Å². The molecule has 0 bridgehead atoms. The van der Waals surface area contributed by atoms with Gasteiger partial charge in [-0.3, -0.25) is 4.79 Å². The van der Waals surface area contributed by atoms with Crippen molar-refractivity contribution in [2.75, 3.05) is 0 Å². The van der Waals surface area contributed by atoms with E-state index < -0.39 is 0 Å². The summed E-state index contributed by atoms with van der Waals surface area (Å²) < 4.78 is 6.48. The third-order valence-corrected chi connectivity index (χ3v) is 3.12. The average molecular weight is 321 g/mol. The lowest BCUT2D eigenvalue weighted by molar-refractivity contribution is 0.101. The molecule has 98 valence electrons. The summed E-state index contributed by atoms with van der Waals surface area (Å²) in [5.41, 5.74) is 1.38. The van der Waals surface area contributed by atoms with Crippen LogP contribution in [0.15, 0.2) is 46.9 Å². The van der Waals surface area contributed by atoms with E-state index in [0.29, 0.717) is 17.9 Å². The average Bonchev–Trinajstić information content (AvgIpc) is 2.37. The summed E-state index contributed by atoms with van der Waals surface area (Å²) in [4.78, 5) is 11.5. The van der Waals surface area contributed by atoms with Gasteiger partial charge in [-0.1, -0.05) is 28.1 Å². The van der Waals surface area contributed by atoms with Gasteiger partial charge in [0.05, 0.1) is 5.56 Å². The van der Waals surface area contributed by atoms with Crippen LogP contribution in [0.1, 0.15) is 22.8 Å². The first-order chi connectivity index (χ1) is 9.06. The Kier molecular flexibility index (Phi) is 4.22. The molecule has 0 heterocycles. The van der Waals surface area contributed by atoms with Crippen LogP contribution < -0.4 is 4.74 Å². The zero-order valence-corrected chi connectivity index (χ0v) is 12.0. The van der Waals surface area contributed by atoms with Crippen LogP contribution in [0.4, 0.5) is 0 Å². The summed E-state index contributed by atoms with van der Waals surface area (Å²) in [5.74, 6) is 0.690. The molecule has 2 aromatic rings. The maximum Gasteiger partial charge on any atom is 0.163 e. The van der Waals surface area contributed by atoms with Crippen molar-refractivity contribution in [3.05, 3.63) is 58.1 Å². The number of carbonyl (C=O) groups is 1. The Morgan fingerprint density at radius 2 is 2.05 bits per heavy atom. The fraction of sp³-hybridized carbons (Fsp3) is 0.133. The molecule has 0 unspecified atom stereocenters. The van der Waals surface area contributed by atoms with Gasteiger partial charge >= 0.3 is 0 Å². The largest absolute Gasteiger partial charge is 0.508 e. The number of rotatable bonds is 4. The highest BCUT2D eigenvalue weighted by molar-refractivity contribution is 9.10. The quantitative estimate of drug-likeness (QED) is 0.868. The molecule has 0 aliphatic rings. The Balaban J connectivity index is 2.17. The van der Waals surface area contributed by atoms with E-state index in [9.17, 15) is 9.90 Å². The maximum atomic E-state index is 11.5. The lowest BCUT2D eigenvalue weighted by Gasteiger charge is -2.10. The summed E-state index contributed by atoms with van der Waals surface area (Å²) in [7, 11) is 0. The van der Waals surface area contributed by atoms with Crippen molar-refractivity contribution >= 4 is 21.7 Å². The molecule has 4 heteroatoms. The number of ketones is 1. The highest BCUT2D eigenvalue weighted by atomic mass is 79.9. The number of aromatic hydroxyl groups is 1. The van der Waals surface area contributed by atoms with E-state index in [1.807, 2.05) is 12.1 Å². The number of carbonyl (C=O) groups excluding carboxylic acids is 1. The number of benzene rings is 2. The molecule has 0 spiro atoms. The molecule has 0 aliphatic heterocycles. The van der Waals surface area contributed by atoms with E-state index in [4.69, 9.17) is 4.74 Å². The Bertz CT molecular complexity index is 608. The third kappa shape index (κ3) is 3.58. The topological polar surface area (TPSA) is 46.5 Å². The highest BCUT2D eigenvalue weighted by Crippen LogP contribution is 2.25. The van der Waals surface area contributed by atoms with Crippen molar-refractivity contribution < 1.29 is 14.6 Å². The van der Waals surface area contributed by atoms with E-state index in [1.165, 1.54) is 6.92 Å². The Morgan fingerprint density at radius 1 is 1.26 bits per heavy atom. The van der Waals surface area contributed by atoms with Crippen molar-refractivity contribution in [2.24, 2.45) is 0 Å². The van der Waals surface area contributed by atoms with Crippen LogP contribution in [-0.4, -0.2) is 10.9 Å². The molecule has 0 saturated carbocycles. The van der Waals surface area contributed by atoms with E-state index in [0.717, 1.165) is 10.0 Å². The molecule has 0 aliphatic carbocycles. The van der Waals surface area contributed by atoms with Gasteiger partial charge in [-0.15, -0.1) is 0 Å². The second kappa shape index (κ2) is 5.89. The number of Topliss-reactive ketones (excluding diaryl/α,β-unsaturated/α-hetero) is 1. The molecule has 2 rings (SSSR count). The van der Waals surface area contributed by atoms with Crippen molar-refractivity contribution in [2.45, 2.75) is 13.5 Å². The zero-order valence-electron chi connectivity index (χ0n) is 10.4. The van der Waals surface area contributed by atoms with Gasteiger partial charge in [0.15, 0.2) is 5.78 Å². The molecule has 0 saturated heterocycles. The number of hydrogen-bond donors (Lipinski definition) is 1. The van der Waals surface area contributed by atoms with Gasteiger partial charge in [0.1, 0.15) is 18.1 Å². The van der Waals surface area contributed by atoms with Gasteiger partial charge in [-0.25, -0.2) is 0 Å². The van der Waals surface area contributed by atoms with Crippen molar-refractivity contribution in [1.82, 2.24) is 0 Å². The first-order valence-corrected chi connectivity index (χ1v) is 6.57. The summed E-state index contributed by atoms with van der Waals surface area (Å²) in [6.45, 7) is 1.80. The van der Waals surface area contributed by atoms with Crippen LogP contribution in [0, 0.1) is 0 Å². The van der Waals surface area contributed by atoms with Crippen molar-refractivity contribution in [3.8, 4) is 11.5 Å². The minimum absolute atomic E-state index is 0.0489. The van der Waals surface area contributed by atoms with E-state index >= 15 is 0 Å². The van der Waals surface area contributed by atoms with Gasteiger partial charge in [0.2, 0.25) is 0 Å². The second-order valence-electron chi connectivity index (χ2n) is 4.16. The summed E-state index contributed by atoms with van der Waals surface area (Å²) in [6.07, 6.45) is 0. The molecule has 0 fully saturated rings. The standard InChI is InChI=1S/C15H13BrO3/c1-10(17)14-8-12(16)5-6-15(14)19-9-11-3-2-4-13(18)7-11/h2-8,18H,9H2,1H3. The maximum absolute atomic E-state index is 11.5. The first kappa shape index (κ1) is 13.6. The third-order valence-electron chi connectivity index (χ3n) is 2.63. The highest BCUT2D eigenvalue weighted by Gasteiger charge is 2.09. The van der Waals surface area contributed by atoms with Crippen molar-refractivity contribution in [3.63, 3.8) is 0 Å². The molecule has 3 nitrogen and oxygen atoms in total. The number of halogens is 1. The SMILES string of the molecule is CC(=O)c1cc(Br)ccc1OCc1cccc(O)c1. The fourth-order valence-corrected chi connectivity index (χ4v) is 2.07. The van der Waals surface area contributed by atoms with Crippen LogP contribution in [0.25, 0.3) is 0 Å². The predicted molar refractivity (Wildman–Crippen MR) is 76.6 cm³/mol. The number of ether oxygens (including phenoxy) is 1. The lowest BCUT2D eigenvalue weighted by atomic mass is 10.1. The zero-order chi connectivity index (χ0) is 13.8. The Labute approximate surface area is 120 Å². The van der Waals surface area contributed by atoms with Crippen LogP contribution >= 0.6 is 15.9 Å². The van der Waals surface area contributed by atoms with Gasteiger partial charge in [-0.2, -0.15) is 0 Å². The van der Waals surface area contributed by atoms with Crippen LogP contribution in [0.3, 0.4) is 0 Å². The van der Waals surface area contributed by atoms with Gasteiger partial charge in [0.25, 0.3) is 0 Å². The molecular formula is C15H13BrO3. The predicted octanol–water partition coefficient (Wildman–Crippen LogP) is 3.94. The molecule has 0 amide bonds. The van der Waals surface area contributed by atoms with Crippen LogP contribution in [-0.2, 0) is 6.61 Å². The summed E-state index contributed by atoms with van der Waals surface area (Å²) in [5, 5.41) is 9.37. The minimum atomic E-state index is -0.0489. The monoisotopic (exact) mass is 320 g/mol. The second-order valence-corrected chi connectivity index (χ2v) is 5.07. The fourth-order valence-electron chi connectivity index (χ4n) is 1.71. The molecule has 2 aromatic carbocycles. The van der Waals surface area contributed by atoms with Gasteiger partial charge in [0, 0.05) is 4.47 Å². The van der Waals surface area contributed by atoms with E-state index in [-0.39, 0.29) is 11.5 Å². The van der Waals surface area contributed by atoms with E-state index in [1.54, 1.807) is 30.3 Å². The lowest BCUT2D eigenvalue weighted by Crippen LogP contribution is -2.01. The molecular weight excluding hydrogens is 308 g/mol. The summed E-state index contributed by atoms with van der Waals surface area (Å²) in [6, 6.07) is 12.2. The molecule has 1 N–H and O–H groups in total. The first-order valence-electron chi connectivity index (χ1n) is 5.77. The Hall–Kier alpha value is -1.81. The molecule has 0 aromatic heterocycles. The van der Waals surface area contributed by atoms with Gasteiger partial charge < -0.3 is 9.84 Å². The Morgan fingerprint density at radius 3 is 2.74 bits per heavy atom. The van der Waals surface area contributed by atoms with Crippen LogP contribution in [0.5, 0.6) is 11.5 Å². The van der Waals surface area contributed by atoms with Gasteiger partial charge in [-0.05, 0) is 42.8 Å². The number of hydrogen-bond acceptors (Lipinski definition) is 3. The molecule has 19 heavy (non-hydrogen) atoms. The smallest absolute Gasteiger partial charge is 0.163 e. The summed E-state index contributed by atoms with van der Waals surface area (Å²) >= 11 is 3.33. The van der Waals surface area contributed by atoms with Crippen LogP contribution in [0.2, 0.25) is 0 Å². The van der Waals surface area contributed by atoms with E-state index in [2.05, 4.69) is 15.9 Å². The normalized spacial score (nSPS) is 10.2.